The lowest BCUT2D eigenvalue weighted by Gasteiger charge is -2.08. The SMILES string of the molecule is FC(F)(F)c1cnc(-c2nccc(Sc3cccs3)n2)c(Cl)c1. The number of aromatic nitrogens is 3. The molecule has 0 unspecified atom stereocenters. The van der Waals surface area contributed by atoms with Crippen molar-refractivity contribution in [1.29, 1.82) is 0 Å². The van der Waals surface area contributed by atoms with E-state index in [4.69, 9.17) is 11.6 Å². The zero-order chi connectivity index (χ0) is 16.4. The minimum Gasteiger partial charge on any atom is -0.251 e. The molecule has 0 bridgehead atoms. The lowest BCUT2D eigenvalue weighted by Crippen LogP contribution is -2.06. The molecule has 0 aliphatic carbocycles. The van der Waals surface area contributed by atoms with Gasteiger partial charge in [-0.25, -0.2) is 9.97 Å². The molecule has 0 radical (unpaired) electrons. The molecular weight excluding hydrogens is 367 g/mol. The summed E-state index contributed by atoms with van der Waals surface area (Å²) >= 11 is 8.91. The van der Waals surface area contributed by atoms with Crippen LogP contribution in [0.15, 0.2) is 51.3 Å². The summed E-state index contributed by atoms with van der Waals surface area (Å²) in [7, 11) is 0. The lowest BCUT2D eigenvalue weighted by molar-refractivity contribution is -0.137. The quantitative estimate of drug-likeness (QED) is 0.574. The Morgan fingerprint density at radius 3 is 2.65 bits per heavy atom. The van der Waals surface area contributed by atoms with Crippen molar-refractivity contribution in [3.8, 4) is 11.5 Å². The Kier molecular flexibility index (Phi) is 4.56. The van der Waals surface area contributed by atoms with Crippen molar-refractivity contribution in [3.63, 3.8) is 0 Å². The first-order chi connectivity index (χ1) is 10.9. The molecule has 0 aliphatic rings. The lowest BCUT2D eigenvalue weighted by atomic mass is 10.2. The summed E-state index contributed by atoms with van der Waals surface area (Å²) in [6, 6.07) is 6.40. The summed E-state index contributed by atoms with van der Waals surface area (Å²) in [5.74, 6) is 0.185. The summed E-state index contributed by atoms with van der Waals surface area (Å²) in [4.78, 5) is 12.1. The van der Waals surface area contributed by atoms with Crippen LogP contribution in [0.4, 0.5) is 13.2 Å². The minimum absolute atomic E-state index is 0.119. The Morgan fingerprint density at radius 1 is 1.17 bits per heavy atom. The Balaban J connectivity index is 1.93. The van der Waals surface area contributed by atoms with E-state index >= 15 is 0 Å². The van der Waals surface area contributed by atoms with Crippen LogP contribution < -0.4 is 0 Å². The number of thiophene rings is 1. The normalized spacial score (nSPS) is 11.7. The average Bonchev–Trinajstić information content (AvgIpc) is 2.99. The highest BCUT2D eigenvalue weighted by Gasteiger charge is 2.31. The van der Waals surface area contributed by atoms with Crippen molar-refractivity contribution in [1.82, 2.24) is 15.0 Å². The first kappa shape index (κ1) is 16.2. The fourth-order valence-corrected chi connectivity index (χ4v) is 3.62. The second-order valence-electron chi connectivity index (χ2n) is 4.30. The van der Waals surface area contributed by atoms with E-state index < -0.39 is 11.7 Å². The van der Waals surface area contributed by atoms with Gasteiger partial charge in [-0.05, 0) is 23.6 Å². The molecule has 0 N–H and O–H groups in total. The van der Waals surface area contributed by atoms with Gasteiger partial charge in [-0.15, -0.1) is 11.3 Å². The van der Waals surface area contributed by atoms with E-state index in [0.29, 0.717) is 5.03 Å². The standard InChI is InChI=1S/C14H7ClF3N3S2/c15-9-6-8(14(16,17)18)7-20-12(9)13-19-4-3-10(21-13)23-11-2-1-5-22-11/h1-7H. The molecule has 0 aliphatic heterocycles. The smallest absolute Gasteiger partial charge is 0.251 e. The van der Waals surface area contributed by atoms with Gasteiger partial charge in [-0.1, -0.05) is 29.4 Å². The van der Waals surface area contributed by atoms with Crippen LogP contribution in [-0.4, -0.2) is 15.0 Å². The second-order valence-corrected chi connectivity index (χ2v) is 6.98. The number of alkyl halides is 3. The van der Waals surface area contributed by atoms with Gasteiger partial charge in [0, 0.05) is 12.4 Å². The predicted molar refractivity (Wildman–Crippen MR) is 83.7 cm³/mol. The Labute approximate surface area is 142 Å². The number of pyridine rings is 1. The van der Waals surface area contributed by atoms with Crippen LogP contribution in [0.5, 0.6) is 0 Å². The third-order valence-electron chi connectivity index (χ3n) is 2.71. The van der Waals surface area contributed by atoms with Crippen LogP contribution in [0.3, 0.4) is 0 Å². The van der Waals surface area contributed by atoms with Crippen molar-refractivity contribution < 1.29 is 13.2 Å². The number of nitrogens with zero attached hydrogens (tertiary/aromatic N) is 3. The van der Waals surface area contributed by atoms with Gasteiger partial charge < -0.3 is 0 Å². The molecular formula is C14H7ClF3N3S2. The van der Waals surface area contributed by atoms with E-state index in [2.05, 4.69) is 15.0 Å². The Morgan fingerprint density at radius 2 is 2.00 bits per heavy atom. The highest BCUT2D eigenvalue weighted by Crippen LogP contribution is 2.34. The Hall–Kier alpha value is -1.64. The third-order valence-corrected chi connectivity index (χ3v) is 4.97. The van der Waals surface area contributed by atoms with E-state index in [9.17, 15) is 13.2 Å². The maximum absolute atomic E-state index is 12.6. The summed E-state index contributed by atoms with van der Waals surface area (Å²) in [5.41, 5.74) is -0.788. The molecule has 0 fully saturated rings. The maximum atomic E-state index is 12.6. The number of halogens is 4. The first-order valence-electron chi connectivity index (χ1n) is 6.21. The fourth-order valence-electron chi connectivity index (χ4n) is 1.70. The molecule has 118 valence electrons. The molecule has 3 rings (SSSR count). The molecule has 3 aromatic rings. The van der Waals surface area contributed by atoms with Crippen LogP contribution in [0.1, 0.15) is 5.56 Å². The molecule has 0 aromatic carbocycles. The summed E-state index contributed by atoms with van der Waals surface area (Å²) in [5, 5.41) is 2.46. The van der Waals surface area contributed by atoms with Crippen molar-refractivity contribution in [2.45, 2.75) is 15.4 Å². The average molecular weight is 374 g/mol. The summed E-state index contributed by atoms with van der Waals surface area (Å²) in [6.07, 6.45) is -2.25. The van der Waals surface area contributed by atoms with E-state index in [1.165, 1.54) is 18.0 Å². The van der Waals surface area contributed by atoms with Crippen LogP contribution in [0.2, 0.25) is 5.02 Å². The monoisotopic (exact) mass is 373 g/mol. The first-order valence-corrected chi connectivity index (χ1v) is 8.28. The van der Waals surface area contributed by atoms with E-state index in [1.807, 2.05) is 17.5 Å². The molecule has 0 saturated carbocycles. The van der Waals surface area contributed by atoms with Gasteiger partial charge in [0.25, 0.3) is 0 Å². The zero-order valence-corrected chi connectivity index (χ0v) is 13.6. The van der Waals surface area contributed by atoms with Crippen molar-refractivity contribution in [2.75, 3.05) is 0 Å². The van der Waals surface area contributed by atoms with Gasteiger partial charge in [0.05, 0.1) is 14.8 Å². The van der Waals surface area contributed by atoms with Gasteiger partial charge in [0.2, 0.25) is 0 Å². The van der Waals surface area contributed by atoms with Crippen LogP contribution in [0.25, 0.3) is 11.5 Å². The molecule has 0 saturated heterocycles. The molecule has 3 aromatic heterocycles. The molecule has 3 nitrogen and oxygen atoms in total. The molecule has 0 atom stereocenters. The second kappa shape index (κ2) is 6.46. The Bertz CT molecular complexity index is 822. The topological polar surface area (TPSA) is 38.7 Å². The van der Waals surface area contributed by atoms with Crippen LogP contribution in [-0.2, 0) is 6.18 Å². The van der Waals surface area contributed by atoms with Crippen LogP contribution >= 0.6 is 34.7 Å². The van der Waals surface area contributed by atoms with Gasteiger partial charge in [-0.3, -0.25) is 4.98 Å². The minimum atomic E-state index is -4.49. The molecule has 0 amide bonds. The highest BCUT2D eigenvalue weighted by molar-refractivity contribution is 8.01. The van der Waals surface area contributed by atoms with Crippen LogP contribution in [0, 0.1) is 0 Å². The largest absolute Gasteiger partial charge is 0.417 e. The molecule has 3 heterocycles. The number of hydrogen-bond donors (Lipinski definition) is 0. The summed E-state index contributed by atoms with van der Waals surface area (Å²) in [6.45, 7) is 0. The van der Waals surface area contributed by atoms with E-state index in [0.717, 1.165) is 16.5 Å². The molecule has 23 heavy (non-hydrogen) atoms. The highest BCUT2D eigenvalue weighted by atomic mass is 35.5. The van der Waals surface area contributed by atoms with E-state index in [-0.39, 0.29) is 16.5 Å². The summed E-state index contributed by atoms with van der Waals surface area (Å²) < 4.78 is 39.0. The van der Waals surface area contributed by atoms with Crippen molar-refractivity contribution in [2.24, 2.45) is 0 Å². The zero-order valence-electron chi connectivity index (χ0n) is 11.2. The van der Waals surface area contributed by atoms with Gasteiger partial charge in [0.15, 0.2) is 5.82 Å². The van der Waals surface area contributed by atoms with Gasteiger partial charge >= 0.3 is 6.18 Å². The van der Waals surface area contributed by atoms with Gasteiger partial charge in [-0.2, -0.15) is 13.2 Å². The number of hydrogen-bond acceptors (Lipinski definition) is 5. The maximum Gasteiger partial charge on any atom is 0.417 e. The third kappa shape index (κ3) is 3.82. The fraction of sp³-hybridized carbons (Fsp3) is 0.0714. The van der Waals surface area contributed by atoms with Crippen molar-refractivity contribution in [3.05, 3.63) is 52.6 Å². The molecule has 9 heteroatoms. The van der Waals surface area contributed by atoms with Crippen molar-refractivity contribution >= 4 is 34.7 Å². The predicted octanol–water partition coefficient (Wildman–Crippen LogP) is 5.42. The van der Waals surface area contributed by atoms with E-state index in [1.54, 1.807) is 17.4 Å². The molecule has 0 spiro atoms. The van der Waals surface area contributed by atoms with Gasteiger partial charge in [0.1, 0.15) is 10.7 Å². The number of rotatable bonds is 3.